The molecule has 2 rings (SSSR count). The Morgan fingerprint density at radius 3 is 2.67 bits per heavy atom. The first-order chi connectivity index (χ1) is 9.83. The van der Waals surface area contributed by atoms with E-state index in [1.54, 1.807) is 0 Å². The summed E-state index contributed by atoms with van der Waals surface area (Å²) in [5.41, 5.74) is -0.193. The summed E-state index contributed by atoms with van der Waals surface area (Å²) in [4.78, 5) is 21.6. The molecule has 21 heavy (non-hydrogen) atoms. The Hall–Kier alpha value is -2.01. The van der Waals surface area contributed by atoms with Gasteiger partial charge in [-0.1, -0.05) is 5.21 Å². The lowest BCUT2D eigenvalue weighted by molar-refractivity contribution is -0.140. The Balaban J connectivity index is 1.90. The van der Waals surface area contributed by atoms with Crippen LogP contribution < -0.4 is 0 Å². The summed E-state index contributed by atoms with van der Waals surface area (Å²) in [5.74, 6) is -2.09. The number of carbonyl (C=O) groups excluding carboxylic acids is 1. The van der Waals surface area contributed by atoms with Gasteiger partial charge in [-0.3, -0.25) is 4.79 Å². The molecule has 0 amide bonds. The van der Waals surface area contributed by atoms with Crippen LogP contribution in [0.5, 0.6) is 0 Å². The first kappa shape index (κ1) is 15.4. The molecule has 10 nitrogen and oxygen atoms in total. The van der Waals surface area contributed by atoms with Gasteiger partial charge in [0.05, 0.1) is 31.5 Å². The molecule has 1 aromatic rings. The van der Waals surface area contributed by atoms with Gasteiger partial charge < -0.3 is 9.84 Å². The smallest absolute Gasteiger partial charge is 0.358 e. The van der Waals surface area contributed by atoms with Gasteiger partial charge in [0.15, 0.2) is 5.69 Å². The van der Waals surface area contributed by atoms with Crippen molar-refractivity contribution in [2.24, 2.45) is 0 Å². The third-order valence-corrected chi connectivity index (χ3v) is 4.92. The van der Waals surface area contributed by atoms with E-state index in [9.17, 15) is 18.0 Å². The number of carbonyl (C=O) groups is 2. The summed E-state index contributed by atoms with van der Waals surface area (Å²) in [7, 11) is -2.33. The zero-order valence-electron chi connectivity index (χ0n) is 11.2. The first-order valence-corrected chi connectivity index (χ1v) is 7.64. The van der Waals surface area contributed by atoms with Gasteiger partial charge in [-0.05, 0) is 0 Å². The number of methoxy groups -OCH3 is 1. The number of rotatable bonds is 6. The van der Waals surface area contributed by atoms with E-state index in [0.717, 1.165) is 0 Å². The third kappa shape index (κ3) is 3.36. The topological polar surface area (TPSA) is 132 Å². The molecule has 0 aromatic carbocycles. The summed E-state index contributed by atoms with van der Waals surface area (Å²) < 4.78 is 30.7. The third-order valence-electron chi connectivity index (χ3n) is 3.12. The molecule has 0 spiro atoms. The molecule has 2 heterocycles. The van der Waals surface area contributed by atoms with E-state index >= 15 is 0 Å². The van der Waals surface area contributed by atoms with Crippen LogP contribution in [-0.2, 0) is 19.6 Å². The standard InChI is InChI=1S/C10H14N4O6S/c1-20-9(15)2-3-21(18,19)13-4-7(5-13)14-6-8(10(16)17)11-12-14/h6-7H,2-5H2,1H3,(H,16,17). The molecule has 1 N–H and O–H groups in total. The quantitative estimate of drug-likeness (QED) is 0.642. The average molecular weight is 318 g/mol. The van der Waals surface area contributed by atoms with Crippen LogP contribution in [0, 0.1) is 0 Å². The highest BCUT2D eigenvalue weighted by atomic mass is 32.2. The van der Waals surface area contributed by atoms with E-state index in [2.05, 4.69) is 15.0 Å². The van der Waals surface area contributed by atoms with Crippen LogP contribution in [0.1, 0.15) is 23.0 Å². The maximum absolute atomic E-state index is 11.9. The lowest BCUT2D eigenvalue weighted by Crippen LogP contribution is -2.51. The molecule has 1 aliphatic rings. The molecule has 1 aliphatic heterocycles. The number of aromatic nitrogens is 3. The molecule has 1 fully saturated rings. The second-order valence-corrected chi connectivity index (χ2v) is 6.59. The molecule has 0 atom stereocenters. The highest BCUT2D eigenvalue weighted by molar-refractivity contribution is 7.89. The predicted molar refractivity (Wildman–Crippen MR) is 68.0 cm³/mol. The van der Waals surface area contributed by atoms with Crippen molar-refractivity contribution in [3.05, 3.63) is 11.9 Å². The number of sulfonamides is 1. The molecule has 0 bridgehead atoms. The number of nitrogens with zero attached hydrogens (tertiary/aromatic N) is 4. The van der Waals surface area contributed by atoms with E-state index in [-0.39, 0.29) is 37.0 Å². The van der Waals surface area contributed by atoms with Gasteiger partial charge in [0.25, 0.3) is 0 Å². The second-order valence-electron chi connectivity index (χ2n) is 4.50. The molecule has 0 aliphatic carbocycles. The fraction of sp³-hybridized carbons (Fsp3) is 0.600. The maximum atomic E-state index is 11.9. The number of hydrogen-bond acceptors (Lipinski definition) is 7. The second kappa shape index (κ2) is 5.77. The van der Waals surface area contributed by atoms with E-state index in [4.69, 9.17) is 5.11 Å². The first-order valence-electron chi connectivity index (χ1n) is 6.03. The van der Waals surface area contributed by atoms with E-state index < -0.39 is 22.0 Å². The van der Waals surface area contributed by atoms with E-state index in [1.165, 1.54) is 22.3 Å². The van der Waals surface area contributed by atoms with E-state index in [1.807, 2.05) is 0 Å². The van der Waals surface area contributed by atoms with Crippen molar-refractivity contribution in [2.45, 2.75) is 12.5 Å². The Bertz CT molecular complexity index is 648. The van der Waals surface area contributed by atoms with Crippen LogP contribution in [0.3, 0.4) is 0 Å². The Kier molecular flexibility index (Phi) is 4.23. The average Bonchev–Trinajstić information content (AvgIpc) is 2.83. The number of carboxylic acid groups (broad SMARTS) is 1. The van der Waals surface area contributed by atoms with Crippen LogP contribution in [0.4, 0.5) is 0 Å². The Morgan fingerprint density at radius 2 is 2.14 bits per heavy atom. The highest BCUT2D eigenvalue weighted by Crippen LogP contribution is 2.24. The van der Waals surface area contributed by atoms with Crippen molar-refractivity contribution < 1.29 is 27.9 Å². The molecule has 0 saturated carbocycles. The number of hydrogen-bond donors (Lipinski definition) is 1. The Labute approximate surface area is 120 Å². The lowest BCUT2D eigenvalue weighted by atomic mass is 10.2. The van der Waals surface area contributed by atoms with Gasteiger partial charge in [-0.2, -0.15) is 4.31 Å². The molecule has 1 saturated heterocycles. The van der Waals surface area contributed by atoms with Crippen molar-refractivity contribution in [1.29, 1.82) is 0 Å². The van der Waals surface area contributed by atoms with Crippen molar-refractivity contribution in [2.75, 3.05) is 26.0 Å². The van der Waals surface area contributed by atoms with Crippen molar-refractivity contribution in [3.8, 4) is 0 Å². The van der Waals surface area contributed by atoms with Crippen molar-refractivity contribution in [3.63, 3.8) is 0 Å². The number of aromatic carboxylic acids is 1. The summed E-state index contributed by atoms with van der Waals surface area (Å²) in [6.07, 6.45) is 1.05. The summed E-state index contributed by atoms with van der Waals surface area (Å²) in [6, 6.07) is -0.251. The SMILES string of the molecule is COC(=O)CCS(=O)(=O)N1CC(n2cc(C(=O)O)nn2)C1. The number of ether oxygens (including phenoxy) is 1. The van der Waals surface area contributed by atoms with Gasteiger partial charge in [0.1, 0.15) is 0 Å². The molecule has 0 radical (unpaired) electrons. The molecular weight excluding hydrogens is 304 g/mol. The van der Waals surface area contributed by atoms with Crippen LogP contribution >= 0.6 is 0 Å². The van der Waals surface area contributed by atoms with Crippen LogP contribution in [0.25, 0.3) is 0 Å². The highest BCUT2D eigenvalue weighted by Gasteiger charge is 2.37. The molecular formula is C10H14N4O6S. The predicted octanol–water partition coefficient (Wildman–Crippen LogP) is -1.27. The van der Waals surface area contributed by atoms with Gasteiger partial charge in [-0.15, -0.1) is 5.10 Å². The zero-order valence-corrected chi connectivity index (χ0v) is 12.0. The maximum Gasteiger partial charge on any atom is 0.358 e. The largest absolute Gasteiger partial charge is 0.476 e. The van der Waals surface area contributed by atoms with Gasteiger partial charge in [-0.25, -0.2) is 17.9 Å². The zero-order chi connectivity index (χ0) is 15.6. The van der Waals surface area contributed by atoms with Crippen molar-refractivity contribution in [1.82, 2.24) is 19.3 Å². The molecule has 1 aromatic heterocycles. The molecule has 116 valence electrons. The summed E-state index contributed by atoms with van der Waals surface area (Å²) in [5, 5.41) is 15.8. The van der Waals surface area contributed by atoms with Crippen LogP contribution in [0.15, 0.2) is 6.20 Å². The minimum Gasteiger partial charge on any atom is -0.476 e. The van der Waals surface area contributed by atoms with Crippen LogP contribution in [0.2, 0.25) is 0 Å². The monoisotopic (exact) mass is 318 g/mol. The fourth-order valence-corrected chi connectivity index (χ4v) is 3.29. The van der Waals surface area contributed by atoms with Gasteiger partial charge in [0.2, 0.25) is 10.0 Å². The van der Waals surface area contributed by atoms with Gasteiger partial charge >= 0.3 is 11.9 Å². The fourth-order valence-electron chi connectivity index (χ4n) is 1.81. The molecule has 11 heteroatoms. The number of esters is 1. The summed E-state index contributed by atoms with van der Waals surface area (Å²) >= 11 is 0. The van der Waals surface area contributed by atoms with Gasteiger partial charge in [0, 0.05) is 13.1 Å². The Morgan fingerprint density at radius 1 is 1.48 bits per heavy atom. The number of carboxylic acids is 1. The van der Waals surface area contributed by atoms with E-state index in [0.29, 0.717) is 0 Å². The van der Waals surface area contributed by atoms with Crippen LogP contribution in [-0.4, -0.2) is 70.7 Å². The minimum absolute atomic E-state index is 0.173. The normalized spacial score (nSPS) is 16.4. The van der Waals surface area contributed by atoms with Crippen molar-refractivity contribution >= 4 is 22.0 Å². The lowest BCUT2D eigenvalue weighted by Gasteiger charge is -2.37. The summed E-state index contributed by atoms with van der Waals surface area (Å²) in [6.45, 7) is 0.345. The molecule has 0 unspecified atom stereocenters. The minimum atomic E-state index is -3.52.